The van der Waals surface area contributed by atoms with Crippen LogP contribution in [0.15, 0.2) is 0 Å². The van der Waals surface area contributed by atoms with E-state index < -0.39 is 33.7 Å². The summed E-state index contributed by atoms with van der Waals surface area (Å²) in [7, 11) is -4.73. The number of hydrogen-bond acceptors (Lipinski definition) is 7. The summed E-state index contributed by atoms with van der Waals surface area (Å²) in [5.74, 6) is -1.93. The molecule has 0 aliphatic heterocycles. The molecule has 0 amide bonds. The Morgan fingerprint density at radius 3 is 1.63 bits per heavy atom. The van der Waals surface area contributed by atoms with Gasteiger partial charge in [-0.1, -0.05) is 78.1 Å². The molecule has 0 aliphatic rings. The van der Waals surface area contributed by atoms with Gasteiger partial charge in [-0.15, -0.1) is 0 Å². The van der Waals surface area contributed by atoms with Gasteiger partial charge in [-0.25, -0.2) is 0 Å². The van der Waals surface area contributed by atoms with Crippen LogP contribution in [0.5, 0.6) is 0 Å². The SMILES string of the molecule is CCCCCCCCOC(=O)CC(C(=O)OCCCCCCCC)S(=O)(=O)O.N.[H-].[Na+]. The normalized spacial score (nSPS) is 11.7. The number of carbonyl (C=O) groups is 2. The molecule has 0 aromatic carbocycles. The van der Waals surface area contributed by atoms with Gasteiger partial charge in [0.25, 0.3) is 10.1 Å². The first-order chi connectivity index (χ1) is 13.3. The zero-order valence-corrected chi connectivity index (χ0v) is 22.0. The molecule has 0 aromatic rings. The van der Waals surface area contributed by atoms with Crippen molar-refractivity contribution in [3.05, 3.63) is 0 Å². The van der Waals surface area contributed by atoms with Crippen LogP contribution >= 0.6 is 0 Å². The summed E-state index contributed by atoms with van der Waals surface area (Å²) in [5, 5.41) is -1.93. The summed E-state index contributed by atoms with van der Waals surface area (Å²) in [6, 6.07) is 0. The topological polar surface area (TPSA) is 142 Å². The molecule has 0 saturated heterocycles. The van der Waals surface area contributed by atoms with Crippen LogP contribution in [0.4, 0.5) is 0 Å². The van der Waals surface area contributed by atoms with E-state index in [1.807, 2.05) is 0 Å². The zero-order chi connectivity index (χ0) is 21.3. The molecular formula is C20H42NNaO7S. The molecule has 10 heteroatoms. The van der Waals surface area contributed by atoms with Crippen molar-refractivity contribution < 1.29 is 63.0 Å². The first-order valence-corrected chi connectivity index (χ1v) is 12.1. The Bertz CT molecular complexity index is 536. The number of rotatable bonds is 18. The van der Waals surface area contributed by atoms with Gasteiger partial charge in [0.15, 0.2) is 5.25 Å². The van der Waals surface area contributed by atoms with Crippen LogP contribution < -0.4 is 35.7 Å². The second-order valence-electron chi connectivity index (χ2n) is 7.13. The molecule has 0 radical (unpaired) electrons. The summed E-state index contributed by atoms with van der Waals surface area (Å²) < 4.78 is 42.0. The van der Waals surface area contributed by atoms with E-state index in [1.165, 1.54) is 6.42 Å². The Kier molecular flexibility index (Phi) is 25.3. The second kappa shape index (κ2) is 22.0. The van der Waals surface area contributed by atoms with E-state index >= 15 is 0 Å². The van der Waals surface area contributed by atoms with Crippen molar-refractivity contribution in [3.8, 4) is 0 Å². The van der Waals surface area contributed by atoms with Crippen molar-refractivity contribution in [1.29, 1.82) is 0 Å². The summed E-state index contributed by atoms with van der Waals surface area (Å²) in [5.41, 5.74) is 0. The van der Waals surface area contributed by atoms with Crippen molar-refractivity contribution in [2.75, 3.05) is 13.2 Å². The van der Waals surface area contributed by atoms with Crippen LogP contribution in [-0.4, -0.2) is 43.4 Å². The maximum Gasteiger partial charge on any atom is 1.00 e. The molecule has 8 nitrogen and oxygen atoms in total. The minimum Gasteiger partial charge on any atom is -1.00 e. The van der Waals surface area contributed by atoms with Gasteiger partial charge in [-0.3, -0.25) is 14.1 Å². The summed E-state index contributed by atoms with van der Waals surface area (Å²) >= 11 is 0. The number of carbonyl (C=O) groups excluding carboxylic acids is 2. The average molecular weight is 464 g/mol. The Hall–Kier alpha value is -0.190. The monoisotopic (exact) mass is 463 g/mol. The predicted octanol–water partition coefficient (Wildman–Crippen LogP) is 1.72. The molecule has 0 heterocycles. The van der Waals surface area contributed by atoms with Crippen molar-refractivity contribution in [2.45, 2.75) is 103 Å². The molecule has 0 fully saturated rings. The number of ether oxygens (including phenoxy) is 2. The first-order valence-electron chi connectivity index (χ1n) is 10.6. The van der Waals surface area contributed by atoms with E-state index in [0.29, 0.717) is 12.8 Å². The van der Waals surface area contributed by atoms with Gasteiger partial charge in [0.2, 0.25) is 0 Å². The van der Waals surface area contributed by atoms with Crippen LogP contribution in [0, 0.1) is 0 Å². The average Bonchev–Trinajstić information content (AvgIpc) is 2.63. The van der Waals surface area contributed by atoms with Gasteiger partial charge >= 0.3 is 41.5 Å². The maximum atomic E-state index is 12.0. The number of esters is 2. The zero-order valence-electron chi connectivity index (χ0n) is 20.2. The molecule has 4 N–H and O–H groups in total. The van der Waals surface area contributed by atoms with Gasteiger partial charge in [0.05, 0.1) is 19.6 Å². The Morgan fingerprint density at radius 1 is 0.800 bits per heavy atom. The van der Waals surface area contributed by atoms with Crippen LogP contribution in [0.25, 0.3) is 0 Å². The molecule has 30 heavy (non-hydrogen) atoms. The van der Waals surface area contributed by atoms with Crippen LogP contribution in [-0.2, 0) is 29.2 Å². The van der Waals surface area contributed by atoms with Gasteiger partial charge in [-0.05, 0) is 12.8 Å². The number of unbranched alkanes of at least 4 members (excludes halogenated alkanes) is 10. The van der Waals surface area contributed by atoms with E-state index in [-0.39, 0.29) is 50.3 Å². The third-order valence-electron chi connectivity index (χ3n) is 4.48. The van der Waals surface area contributed by atoms with Crippen molar-refractivity contribution in [1.82, 2.24) is 6.15 Å². The maximum absolute atomic E-state index is 12.0. The number of hydrogen-bond donors (Lipinski definition) is 2. The molecule has 1 atom stereocenters. The van der Waals surface area contributed by atoms with Crippen LogP contribution in [0.3, 0.4) is 0 Å². The summed E-state index contributed by atoms with van der Waals surface area (Å²) in [6.07, 6.45) is 11.3. The smallest absolute Gasteiger partial charge is 1.00 e. The van der Waals surface area contributed by atoms with Crippen LogP contribution in [0.2, 0.25) is 0 Å². The van der Waals surface area contributed by atoms with E-state index in [0.717, 1.165) is 57.8 Å². The van der Waals surface area contributed by atoms with E-state index in [9.17, 15) is 22.6 Å². The largest absolute Gasteiger partial charge is 1.00 e. The molecule has 0 rings (SSSR count). The van der Waals surface area contributed by atoms with Crippen molar-refractivity contribution in [2.24, 2.45) is 0 Å². The van der Waals surface area contributed by atoms with E-state index in [4.69, 9.17) is 9.47 Å². The quantitative estimate of drug-likeness (QED) is 0.135. The fraction of sp³-hybridized carbons (Fsp3) is 0.900. The molecule has 0 bridgehead atoms. The molecule has 1 unspecified atom stereocenters. The van der Waals surface area contributed by atoms with Gasteiger partial charge in [0.1, 0.15) is 0 Å². The first kappa shape index (κ1) is 34.4. The van der Waals surface area contributed by atoms with Gasteiger partial charge in [-0.2, -0.15) is 8.42 Å². The molecule has 0 aliphatic carbocycles. The van der Waals surface area contributed by atoms with Crippen LogP contribution in [0.1, 0.15) is 98.7 Å². The third-order valence-corrected chi connectivity index (χ3v) is 5.56. The van der Waals surface area contributed by atoms with Gasteiger partial charge in [0, 0.05) is 0 Å². The Labute approximate surface area is 206 Å². The predicted molar refractivity (Wildman–Crippen MR) is 115 cm³/mol. The Morgan fingerprint density at radius 2 is 1.20 bits per heavy atom. The van der Waals surface area contributed by atoms with Gasteiger partial charge < -0.3 is 17.1 Å². The van der Waals surface area contributed by atoms with E-state index in [2.05, 4.69) is 13.8 Å². The second-order valence-corrected chi connectivity index (χ2v) is 8.73. The standard InChI is InChI=1S/C20H38O7S.H3N.Na.H/c1-3-5-7-9-11-13-15-26-19(21)17-18(28(23,24)25)20(22)27-16-14-12-10-8-6-4-2;;;/h18H,3-17H2,1-2H3,(H,23,24,25);1H3;;/q;;+1;-1. The fourth-order valence-electron chi connectivity index (χ4n) is 2.74. The fourth-order valence-corrected chi connectivity index (χ4v) is 3.39. The molecule has 176 valence electrons. The summed E-state index contributed by atoms with van der Waals surface area (Å²) in [6.45, 7) is 4.50. The molecule has 0 spiro atoms. The molecule has 0 aromatic heterocycles. The van der Waals surface area contributed by atoms with Crippen molar-refractivity contribution in [3.63, 3.8) is 0 Å². The Balaban J connectivity index is -0.00000121. The minimum absolute atomic E-state index is 0. The van der Waals surface area contributed by atoms with E-state index in [1.54, 1.807) is 0 Å². The minimum atomic E-state index is -4.73. The molecular weight excluding hydrogens is 421 g/mol. The van der Waals surface area contributed by atoms with Crippen molar-refractivity contribution >= 4 is 22.1 Å². The molecule has 0 saturated carbocycles. The summed E-state index contributed by atoms with van der Waals surface area (Å²) in [4.78, 5) is 23.8. The third kappa shape index (κ3) is 19.8.